The first kappa shape index (κ1) is 16.3. The molecular formula is C18H30N2O. The lowest BCUT2D eigenvalue weighted by Gasteiger charge is -2.34. The van der Waals surface area contributed by atoms with Gasteiger partial charge in [0.1, 0.15) is 5.75 Å². The van der Waals surface area contributed by atoms with Crippen LogP contribution in [0, 0.1) is 5.92 Å². The smallest absolute Gasteiger partial charge is 0.118 e. The Bertz CT molecular complexity index is 418. The van der Waals surface area contributed by atoms with Crippen molar-refractivity contribution in [3.05, 3.63) is 29.8 Å². The molecule has 1 aromatic carbocycles. The van der Waals surface area contributed by atoms with Gasteiger partial charge in [0.15, 0.2) is 0 Å². The Labute approximate surface area is 129 Å². The molecule has 0 radical (unpaired) electrons. The van der Waals surface area contributed by atoms with Crippen molar-refractivity contribution in [1.82, 2.24) is 4.90 Å². The van der Waals surface area contributed by atoms with E-state index in [-0.39, 0.29) is 0 Å². The van der Waals surface area contributed by atoms with E-state index in [1.54, 1.807) is 7.11 Å². The molecular weight excluding hydrogens is 260 g/mol. The molecule has 1 saturated carbocycles. The fourth-order valence-corrected chi connectivity index (χ4v) is 3.53. The minimum atomic E-state index is 0.601. The second-order valence-corrected chi connectivity index (χ2v) is 6.40. The van der Waals surface area contributed by atoms with Crippen molar-refractivity contribution in [2.75, 3.05) is 20.7 Å². The number of ether oxygens (including phenoxy) is 1. The second-order valence-electron chi connectivity index (χ2n) is 6.40. The Hall–Kier alpha value is -1.06. The Balaban J connectivity index is 1.84. The fourth-order valence-electron chi connectivity index (χ4n) is 3.53. The zero-order chi connectivity index (χ0) is 15.2. The van der Waals surface area contributed by atoms with Gasteiger partial charge in [0.25, 0.3) is 0 Å². The van der Waals surface area contributed by atoms with Crippen molar-refractivity contribution < 1.29 is 4.74 Å². The van der Waals surface area contributed by atoms with Gasteiger partial charge >= 0.3 is 0 Å². The van der Waals surface area contributed by atoms with Gasteiger partial charge in [-0.1, -0.05) is 18.6 Å². The number of hydrogen-bond donors (Lipinski definition) is 1. The highest BCUT2D eigenvalue weighted by molar-refractivity contribution is 5.27. The van der Waals surface area contributed by atoms with Gasteiger partial charge in [-0.05, 0) is 69.8 Å². The molecule has 21 heavy (non-hydrogen) atoms. The number of rotatable bonds is 7. The van der Waals surface area contributed by atoms with E-state index in [0.717, 1.165) is 18.7 Å². The molecule has 0 amide bonds. The van der Waals surface area contributed by atoms with E-state index >= 15 is 0 Å². The van der Waals surface area contributed by atoms with Gasteiger partial charge < -0.3 is 15.4 Å². The molecule has 0 aromatic heterocycles. The number of methoxy groups -OCH3 is 1. The molecule has 1 aliphatic rings. The zero-order valence-electron chi connectivity index (χ0n) is 13.7. The zero-order valence-corrected chi connectivity index (χ0v) is 13.7. The first-order chi connectivity index (χ1) is 10.2. The molecule has 0 bridgehead atoms. The van der Waals surface area contributed by atoms with Gasteiger partial charge in [-0.25, -0.2) is 0 Å². The van der Waals surface area contributed by atoms with Crippen LogP contribution in [0.5, 0.6) is 5.75 Å². The first-order valence-electron chi connectivity index (χ1n) is 8.20. The number of aryl methyl sites for hydroxylation is 1. The summed E-state index contributed by atoms with van der Waals surface area (Å²) in [5.41, 5.74) is 7.30. The molecule has 0 saturated heterocycles. The molecule has 3 unspecified atom stereocenters. The standard InChI is InChI=1S/C18H30N2O/c1-14(20(2)18-6-4-5-16(18)13-19)7-8-15-9-11-17(21-3)12-10-15/h9-12,14,16,18H,4-8,13,19H2,1-3H3. The lowest BCUT2D eigenvalue weighted by atomic mass is 9.99. The SMILES string of the molecule is COc1ccc(CCC(C)N(C)C2CCCC2CN)cc1. The Morgan fingerprint density at radius 2 is 2.00 bits per heavy atom. The van der Waals surface area contributed by atoms with Crippen LogP contribution in [0.4, 0.5) is 0 Å². The van der Waals surface area contributed by atoms with Crippen molar-refractivity contribution in [2.24, 2.45) is 11.7 Å². The topological polar surface area (TPSA) is 38.5 Å². The molecule has 1 aromatic rings. The van der Waals surface area contributed by atoms with Crippen LogP contribution < -0.4 is 10.5 Å². The van der Waals surface area contributed by atoms with Crippen LogP contribution in [0.1, 0.15) is 38.2 Å². The van der Waals surface area contributed by atoms with E-state index in [1.807, 2.05) is 12.1 Å². The molecule has 3 heteroatoms. The maximum absolute atomic E-state index is 5.92. The Morgan fingerprint density at radius 3 is 2.62 bits per heavy atom. The third-order valence-corrected chi connectivity index (χ3v) is 5.15. The van der Waals surface area contributed by atoms with E-state index in [2.05, 4.69) is 31.0 Å². The van der Waals surface area contributed by atoms with Crippen LogP contribution in [-0.2, 0) is 6.42 Å². The monoisotopic (exact) mass is 290 g/mol. The molecule has 3 atom stereocenters. The summed E-state index contributed by atoms with van der Waals surface area (Å²) in [5, 5.41) is 0. The summed E-state index contributed by atoms with van der Waals surface area (Å²) in [7, 11) is 3.98. The summed E-state index contributed by atoms with van der Waals surface area (Å²) < 4.78 is 5.20. The maximum Gasteiger partial charge on any atom is 0.118 e. The second kappa shape index (κ2) is 7.81. The Morgan fingerprint density at radius 1 is 1.29 bits per heavy atom. The summed E-state index contributed by atoms with van der Waals surface area (Å²) >= 11 is 0. The molecule has 1 aliphatic carbocycles. The molecule has 2 rings (SSSR count). The highest BCUT2D eigenvalue weighted by Gasteiger charge is 2.31. The van der Waals surface area contributed by atoms with Crippen molar-refractivity contribution in [1.29, 1.82) is 0 Å². The van der Waals surface area contributed by atoms with E-state index in [0.29, 0.717) is 18.0 Å². The third kappa shape index (κ3) is 4.21. The van der Waals surface area contributed by atoms with E-state index in [4.69, 9.17) is 10.5 Å². The lowest BCUT2D eigenvalue weighted by molar-refractivity contribution is 0.145. The van der Waals surface area contributed by atoms with Gasteiger partial charge in [0.05, 0.1) is 7.11 Å². The Kier molecular flexibility index (Phi) is 6.07. The van der Waals surface area contributed by atoms with Crippen molar-refractivity contribution in [3.8, 4) is 5.75 Å². The fraction of sp³-hybridized carbons (Fsp3) is 0.667. The van der Waals surface area contributed by atoms with Crippen LogP contribution >= 0.6 is 0 Å². The molecule has 3 nitrogen and oxygen atoms in total. The average molecular weight is 290 g/mol. The molecule has 2 N–H and O–H groups in total. The predicted molar refractivity (Wildman–Crippen MR) is 88.7 cm³/mol. The van der Waals surface area contributed by atoms with Crippen molar-refractivity contribution >= 4 is 0 Å². The van der Waals surface area contributed by atoms with Crippen LogP contribution in [0.3, 0.4) is 0 Å². The van der Waals surface area contributed by atoms with E-state index < -0.39 is 0 Å². The van der Waals surface area contributed by atoms with Gasteiger partial charge in [-0.3, -0.25) is 0 Å². The molecule has 1 fully saturated rings. The van der Waals surface area contributed by atoms with E-state index in [9.17, 15) is 0 Å². The van der Waals surface area contributed by atoms with Crippen molar-refractivity contribution in [3.63, 3.8) is 0 Å². The van der Waals surface area contributed by atoms with Gasteiger partial charge in [-0.2, -0.15) is 0 Å². The highest BCUT2D eigenvalue weighted by Crippen LogP contribution is 2.30. The largest absolute Gasteiger partial charge is 0.497 e. The maximum atomic E-state index is 5.92. The quantitative estimate of drug-likeness (QED) is 0.838. The minimum Gasteiger partial charge on any atom is -0.497 e. The van der Waals surface area contributed by atoms with Crippen LogP contribution in [0.15, 0.2) is 24.3 Å². The summed E-state index contributed by atoms with van der Waals surface area (Å²) in [4.78, 5) is 2.56. The van der Waals surface area contributed by atoms with Gasteiger partial charge in [0.2, 0.25) is 0 Å². The summed E-state index contributed by atoms with van der Waals surface area (Å²) in [5.74, 6) is 1.62. The van der Waals surface area contributed by atoms with E-state index in [1.165, 1.54) is 31.2 Å². The molecule has 118 valence electrons. The average Bonchev–Trinajstić information content (AvgIpc) is 3.00. The third-order valence-electron chi connectivity index (χ3n) is 5.15. The predicted octanol–water partition coefficient (Wildman–Crippen LogP) is 3.08. The molecule has 0 aliphatic heterocycles. The first-order valence-corrected chi connectivity index (χ1v) is 8.20. The van der Waals surface area contributed by atoms with Crippen LogP contribution in [0.25, 0.3) is 0 Å². The normalized spacial score (nSPS) is 23.5. The molecule has 0 heterocycles. The van der Waals surface area contributed by atoms with Crippen LogP contribution in [-0.4, -0.2) is 37.7 Å². The minimum absolute atomic E-state index is 0.601. The lowest BCUT2D eigenvalue weighted by Crippen LogP contribution is -2.42. The van der Waals surface area contributed by atoms with Gasteiger partial charge in [-0.15, -0.1) is 0 Å². The number of benzene rings is 1. The van der Waals surface area contributed by atoms with Crippen molar-refractivity contribution in [2.45, 2.75) is 51.1 Å². The molecule has 0 spiro atoms. The number of nitrogens with zero attached hydrogens (tertiary/aromatic N) is 1. The van der Waals surface area contributed by atoms with Crippen LogP contribution in [0.2, 0.25) is 0 Å². The summed E-state index contributed by atoms with van der Waals surface area (Å²) in [6, 6.07) is 9.72. The summed E-state index contributed by atoms with van der Waals surface area (Å²) in [6.45, 7) is 3.18. The number of nitrogens with two attached hydrogens (primary N) is 1. The highest BCUT2D eigenvalue weighted by atomic mass is 16.5. The number of hydrogen-bond acceptors (Lipinski definition) is 3. The van der Waals surface area contributed by atoms with Gasteiger partial charge in [0, 0.05) is 12.1 Å². The summed E-state index contributed by atoms with van der Waals surface area (Å²) in [6.07, 6.45) is 6.26.